The number of carbonyl (C=O) groups excluding carboxylic acids is 2. The molecule has 5 atom stereocenters. The van der Waals surface area contributed by atoms with E-state index in [0.717, 1.165) is 43.3 Å². The standard InChI is InChI=1S/C14H21NO3S/c1-2-3-4-13-15-14-11(8-18)10(7-17)9(6-16)5-12(14)19-13/h7-12,14,16H,2-6H2,1H3/t9-,10+,11+,12-,14+/m0/s1. The molecule has 1 N–H and O–H groups in total. The van der Waals surface area contributed by atoms with Gasteiger partial charge in [0.25, 0.3) is 0 Å². The highest BCUT2D eigenvalue weighted by molar-refractivity contribution is 8.14. The average Bonchev–Trinajstić information content (AvgIpc) is 2.85. The van der Waals surface area contributed by atoms with Gasteiger partial charge in [-0.25, -0.2) is 0 Å². The lowest BCUT2D eigenvalue weighted by Crippen LogP contribution is -2.45. The number of aliphatic hydroxyl groups is 1. The first-order valence-electron chi connectivity index (χ1n) is 6.99. The normalized spacial score (nSPS) is 37.6. The van der Waals surface area contributed by atoms with Crippen molar-refractivity contribution in [3.8, 4) is 0 Å². The molecule has 0 unspecified atom stereocenters. The van der Waals surface area contributed by atoms with Gasteiger partial charge in [0.15, 0.2) is 0 Å². The zero-order valence-corrected chi connectivity index (χ0v) is 12.0. The van der Waals surface area contributed by atoms with E-state index >= 15 is 0 Å². The van der Waals surface area contributed by atoms with E-state index in [9.17, 15) is 14.7 Å². The van der Waals surface area contributed by atoms with Crippen LogP contribution in [-0.2, 0) is 9.59 Å². The summed E-state index contributed by atoms with van der Waals surface area (Å²) in [5.41, 5.74) is 0. The van der Waals surface area contributed by atoms with Crippen LogP contribution in [0.3, 0.4) is 0 Å². The van der Waals surface area contributed by atoms with Crippen molar-refractivity contribution in [2.24, 2.45) is 22.7 Å². The molecule has 0 aromatic heterocycles. The molecule has 1 heterocycles. The Morgan fingerprint density at radius 3 is 2.68 bits per heavy atom. The van der Waals surface area contributed by atoms with Crippen molar-refractivity contribution in [1.82, 2.24) is 0 Å². The Morgan fingerprint density at radius 2 is 2.11 bits per heavy atom. The second-order valence-electron chi connectivity index (χ2n) is 5.38. The van der Waals surface area contributed by atoms with Gasteiger partial charge in [-0.2, -0.15) is 0 Å². The summed E-state index contributed by atoms with van der Waals surface area (Å²) in [6.45, 7) is 2.12. The smallest absolute Gasteiger partial charge is 0.125 e. The molecule has 0 saturated heterocycles. The van der Waals surface area contributed by atoms with Crippen LogP contribution in [0.1, 0.15) is 32.6 Å². The van der Waals surface area contributed by atoms with Gasteiger partial charge in [-0.15, -0.1) is 11.8 Å². The van der Waals surface area contributed by atoms with E-state index in [0.29, 0.717) is 0 Å². The fraction of sp³-hybridized carbons (Fsp3) is 0.786. The Morgan fingerprint density at radius 1 is 1.37 bits per heavy atom. The number of nitrogens with zero attached hydrogens (tertiary/aromatic N) is 1. The number of thioether (sulfide) groups is 1. The van der Waals surface area contributed by atoms with Gasteiger partial charge < -0.3 is 14.7 Å². The van der Waals surface area contributed by atoms with Gasteiger partial charge in [0.05, 0.1) is 11.1 Å². The lowest BCUT2D eigenvalue weighted by Gasteiger charge is -2.37. The Labute approximate surface area is 118 Å². The Balaban J connectivity index is 2.14. The second kappa shape index (κ2) is 6.66. The number of hydrogen-bond acceptors (Lipinski definition) is 5. The zero-order valence-electron chi connectivity index (χ0n) is 11.2. The van der Waals surface area contributed by atoms with Crippen molar-refractivity contribution >= 4 is 29.4 Å². The highest BCUT2D eigenvalue weighted by atomic mass is 32.2. The third kappa shape index (κ3) is 2.92. The second-order valence-corrected chi connectivity index (χ2v) is 6.69. The summed E-state index contributed by atoms with van der Waals surface area (Å²) in [6.07, 6.45) is 5.68. The van der Waals surface area contributed by atoms with Crippen molar-refractivity contribution in [3.05, 3.63) is 0 Å². The van der Waals surface area contributed by atoms with E-state index in [1.165, 1.54) is 0 Å². The van der Waals surface area contributed by atoms with Crippen molar-refractivity contribution in [3.63, 3.8) is 0 Å². The molecule has 0 amide bonds. The minimum absolute atomic E-state index is 0.0260. The highest BCUT2D eigenvalue weighted by Crippen LogP contribution is 2.44. The van der Waals surface area contributed by atoms with Gasteiger partial charge in [0.1, 0.15) is 12.6 Å². The number of unbranched alkanes of at least 4 members (excludes halogenated alkanes) is 1. The molecule has 1 fully saturated rings. The van der Waals surface area contributed by atoms with E-state index in [4.69, 9.17) is 0 Å². The number of hydrogen-bond donors (Lipinski definition) is 1. The third-order valence-electron chi connectivity index (χ3n) is 4.17. The summed E-state index contributed by atoms with van der Waals surface area (Å²) in [5.74, 6) is -0.833. The summed E-state index contributed by atoms with van der Waals surface area (Å²) in [6, 6.07) is -0.0626. The maximum atomic E-state index is 11.3. The van der Waals surface area contributed by atoms with E-state index in [2.05, 4.69) is 11.9 Å². The number of carbonyl (C=O) groups is 2. The molecule has 1 aliphatic heterocycles. The molecule has 1 saturated carbocycles. The van der Waals surface area contributed by atoms with Crippen molar-refractivity contribution < 1.29 is 14.7 Å². The topological polar surface area (TPSA) is 66.7 Å². The van der Waals surface area contributed by atoms with Crippen LogP contribution in [0.2, 0.25) is 0 Å². The molecule has 2 aliphatic rings. The lowest BCUT2D eigenvalue weighted by molar-refractivity contribution is -0.124. The van der Waals surface area contributed by atoms with Crippen LogP contribution in [0.25, 0.3) is 0 Å². The third-order valence-corrected chi connectivity index (χ3v) is 5.53. The molecule has 0 spiro atoms. The fourth-order valence-corrected chi connectivity index (χ4v) is 4.58. The molecule has 19 heavy (non-hydrogen) atoms. The minimum Gasteiger partial charge on any atom is -0.396 e. The van der Waals surface area contributed by atoms with Crippen molar-refractivity contribution in [1.29, 1.82) is 0 Å². The SMILES string of the molecule is CCCCC1=N[C@@H]2[C@H](C=O)[C@H](C=O)[C@H](CO)C[C@@H]2S1. The number of rotatable bonds is 6. The average molecular weight is 283 g/mol. The monoisotopic (exact) mass is 283 g/mol. The zero-order chi connectivity index (χ0) is 13.8. The van der Waals surface area contributed by atoms with E-state index in [-0.39, 0.29) is 35.7 Å². The molecule has 0 radical (unpaired) electrons. The predicted octanol–water partition coefficient (Wildman–Crippen LogP) is 1.70. The van der Waals surface area contributed by atoms with Crippen molar-refractivity contribution in [2.75, 3.05) is 6.61 Å². The predicted molar refractivity (Wildman–Crippen MR) is 76.4 cm³/mol. The van der Waals surface area contributed by atoms with Crippen LogP contribution in [0, 0.1) is 17.8 Å². The molecular formula is C14H21NO3S. The maximum Gasteiger partial charge on any atom is 0.125 e. The first-order valence-corrected chi connectivity index (χ1v) is 7.87. The number of aliphatic imine (C=N–C) groups is 1. The molecule has 0 aromatic carbocycles. The summed E-state index contributed by atoms with van der Waals surface area (Å²) in [7, 11) is 0. The summed E-state index contributed by atoms with van der Waals surface area (Å²) >= 11 is 1.75. The van der Waals surface area contributed by atoms with Gasteiger partial charge in [-0.3, -0.25) is 4.99 Å². The minimum atomic E-state index is -0.376. The molecule has 0 aromatic rings. The van der Waals surface area contributed by atoms with Gasteiger partial charge >= 0.3 is 0 Å². The number of aldehydes is 2. The molecule has 106 valence electrons. The molecule has 1 aliphatic carbocycles. The van der Waals surface area contributed by atoms with Crippen LogP contribution in [0.4, 0.5) is 0 Å². The molecular weight excluding hydrogens is 262 g/mol. The number of fused-ring (bicyclic) bond motifs is 1. The maximum absolute atomic E-state index is 11.3. The van der Waals surface area contributed by atoms with E-state index < -0.39 is 0 Å². The summed E-state index contributed by atoms with van der Waals surface area (Å²) in [5, 5.41) is 10.8. The van der Waals surface area contributed by atoms with Crippen LogP contribution < -0.4 is 0 Å². The quantitative estimate of drug-likeness (QED) is 0.753. The Kier molecular flexibility index (Phi) is 5.16. The van der Waals surface area contributed by atoms with E-state index in [1.807, 2.05) is 0 Å². The summed E-state index contributed by atoms with van der Waals surface area (Å²) < 4.78 is 0. The molecule has 2 rings (SSSR count). The lowest BCUT2D eigenvalue weighted by atomic mass is 9.71. The largest absolute Gasteiger partial charge is 0.396 e. The van der Waals surface area contributed by atoms with Crippen LogP contribution in [0.15, 0.2) is 4.99 Å². The molecule has 5 heteroatoms. The van der Waals surface area contributed by atoms with Crippen LogP contribution in [-0.4, -0.2) is 40.6 Å². The van der Waals surface area contributed by atoms with Gasteiger partial charge in [0.2, 0.25) is 0 Å². The Hall–Kier alpha value is -0.680. The molecule has 0 bridgehead atoms. The fourth-order valence-electron chi connectivity index (χ4n) is 3.06. The highest BCUT2D eigenvalue weighted by Gasteiger charge is 2.47. The van der Waals surface area contributed by atoms with E-state index in [1.54, 1.807) is 11.8 Å². The summed E-state index contributed by atoms with van der Waals surface area (Å²) in [4.78, 5) is 27.2. The molecule has 4 nitrogen and oxygen atoms in total. The Bertz CT molecular complexity index is 372. The number of aliphatic hydroxyl groups excluding tert-OH is 1. The van der Waals surface area contributed by atoms with Crippen LogP contribution >= 0.6 is 11.8 Å². The van der Waals surface area contributed by atoms with Crippen LogP contribution in [0.5, 0.6) is 0 Å². The van der Waals surface area contributed by atoms with Crippen molar-refractivity contribution in [2.45, 2.75) is 43.9 Å². The van der Waals surface area contributed by atoms with Gasteiger partial charge in [-0.05, 0) is 25.2 Å². The first-order chi connectivity index (χ1) is 9.24. The first kappa shape index (κ1) is 14.7. The van der Waals surface area contributed by atoms with Gasteiger partial charge in [0, 0.05) is 23.7 Å². The van der Waals surface area contributed by atoms with Gasteiger partial charge in [-0.1, -0.05) is 13.3 Å².